The number of hydrogen-bond acceptors (Lipinski definition) is 5. The number of aliphatic imine (C=N–C) groups is 1. The van der Waals surface area contributed by atoms with Crippen molar-refractivity contribution >= 4 is 11.9 Å². The van der Waals surface area contributed by atoms with Crippen LogP contribution in [0.15, 0.2) is 23.2 Å². The van der Waals surface area contributed by atoms with Gasteiger partial charge in [0.2, 0.25) is 0 Å². The third-order valence-corrected chi connectivity index (χ3v) is 4.08. The second-order valence-electron chi connectivity index (χ2n) is 6.33. The maximum absolute atomic E-state index is 14.4. The van der Waals surface area contributed by atoms with Crippen molar-refractivity contribution in [1.29, 1.82) is 0 Å². The summed E-state index contributed by atoms with van der Waals surface area (Å²) in [5, 5.41) is 2.65. The van der Waals surface area contributed by atoms with Crippen molar-refractivity contribution in [2.75, 3.05) is 13.7 Å². The lowest BCUT2D eigenvalue weighted by atomic mass is 9.83. The molecule has 1 aliphatic rings. The van der Waals surface area contributed by atoms with Crippen molar-refractivity contribution in [2.24, 2.45) is 10.7 Å². The number of carbonyl (C=O) groups is 1. The van der Waals surface area contributed by atoms with Crippen LogP contribution in [0.2, 0.25) is 0 Å². The first-order chi connectivity index (χ1) is 12.2. The predicted octanol–water partition coefficient (Wildman–Crippen LogP) is 2.17. The van der Waals surface area contributed by atoms with Crippen molar-refractivity contribution in [1.82, 2.24) is 5.32 Å². The molecule has 0 saturated heterocycles. The van der Waals surface area contributed by atoms with Crippen LogP contribution in [0.5, 0.6) is 0 Å². The molecule has 3 atom stereocenters. The van der Waals surface area contributed by atoms with E-state index in [0.29, 0.717) is 0 Å². The summed E-state index contributed by atoms with van der Waals surface area (Å²) < 4.78 is 52.3. The van der Waals surface area contributed by atoms with E-state index in [0.717, 1.165) is 12.1 Å². The maximum atomic E-state index is 14.4. The molecule has 1 amide bonds. The lowest BCUT2D eigenvalue weighted by Gasteiger charge is -2.36. The van der Waals surface area contributed by atoms with Crippen LogP contribution in [0.25, 0.3) is 0 Å². The van der Waals surface area contributed by atoms with Gasteiger partial charge in [-0.25, -0.2) is 18.2 Å². The van der Waals surface area contributed by atoms with E-state index in [1.807, 2.05) is 0 Å². The van der Waals surface area contributed by atoms with Gasteiger partial charge in [0, 0.05) is 30.7 Å². The van der Waals surface area contributed by atoms with Gasteiger partial charge in [-0.2, -0.15) is 0 Å². The number of nitrogens with two attached hydrogens (primary N) is 1. The molecule has 1 aromatic carbocycles. The number of hydrogen-bond donors (Lipinski definition) is 2. The minimum atomic E-state index is -3.03. The molecule has 0 saturated carbocycles. The van der Waals surface area contributed by atoms with Gasteiger partial charge < -0.3 is 20.5 Å². The van der Waals surface area contributed by atoms with E-state index >= 15 is 0 Å². The second-order valence-corrected chi connectivity index (χ2v) is 6.33. The molecule has 3 N–H and O–H groups in total. The van der Waals surface area contributed by atoms with Crippen LogP contribution in [-0.2, 0) is 15.0 Å². The fraction of sp³-hybridized carbons (Fsp3) is 0.529. The van der Waals surface area contributed by atoms with Gasteiger partial charge in [-0.15, -0.1) is 0 Å². The molecule has 1 aliphatic heterocycles. The highest BCUT2D eigenvalue weighted by Crippen LogP contribution is 2.41. The Balaban J connectivity index is 2.45. The van der Waals surface area contributed by atoms with Gasteiger partial charge in [0.05, 0.1) is 6.61 Å². The molecule has 9 heteroatoms. The van der Waals surface area contributed by atoms with E-state index in [2.05, 4.69) is 10.3 Å². The van der Waals surface area contributed by atoms with Crippen LogP contribution >= 0.6 is 0 Å². The molecule has 1 aromatic rings. The molecule has 144 valence electrons. The summed E-state index contributed by atoms with van der Waals surface area (Å²) in [5.41, 5.74) is 2.94. The van der Waals surface area contributed by atoms with E-state index < -0.39 is 41.4 Å². The van der Waals surface area contributed by atoms with Crippen molar-refractivity contribution in [3.8, 4) is 0 Å². The van der Waals surface area contributed by atoms with Crippen LogP contribution in [-0.4, -0.2) is 44.2 Å². The zero-order valence-electron chi connectivity index (χ0n) is 14.8. The van der Waals surface area contributed by atoms with Crippen LogP contribution in [0.1, 0.15) is 36.2 Å². The van der Waals surface area contributed by atoms with Gasteiger partial charge in [0.15, 0.2) is 5.54 Å². The molecule has 0 aromatic heterocycles. The third kappa shape index (κ3) is 4.09. The van der Waals surface area contributed by atoms with Crippen LogP contribution < -0.4 is 11.1 Å². The second kappa shape index (κ2) is 7.94. The zero-order chi connectivity index (χ0) is 19.5. The molecule has 0 fully saturated rings. The minimum Gasteiger partial charge on any atom is -0.462 e. The van der Waals surface area contributed by atoms with Crippen molar-refractivity contribution < 1.29 is 27.4 Å². The van der Waals surface area contributed by atoms with E-state index in [1.165, 1.54) is 13.2 Å². The first-order valence-corrected chi connectivity index (χ1v) is 8.09. The Morgan fingerprint density at radius 2 is 2.23 bits per heavy atom. The first kappa shape index (κ1) is 20.0. The summed E-state index contributed by atoms with van der Waals surface area (Å²) >= 11 is 0. The molecule has 0 bridgehead atoms. The van der Waals surface area contributed by atoms with Gasteiger partial charge in [-0.05, 0) is 32.0 Å². The van der Waals surface area contributed by atoms with Crippen molar-refractivity contribution in [2.45, 2.75) is 44.4 Å². The van der Waals surface area contributed by atoms with Crippen molar-refractivity contribution in [3.05, 3.63) is 35.1 Å². The Bertz CT molecular complexity index is 699. The van der Waals surface area contributed by atoms with Crippen LogP contribution in [0, 0.1) is 5.82 Å². The molecular formula is C17H22F3N3O3. The summed E-state index contributed by atoms with van der Waals surface area (Å²) in [7, 11) is 1.49. The molecule has 6 nitrogen and oxygen atoms in total. The van der Waals surface area contributed by atoms with Gasteiger partial charge in [-0.3, -0.25) is 4.79 Å². The number of benzene rings is 1. The standard InChI is InChI=1S/C17H22F3N3O3/c1-9(8-25-3)22-14(24)11-4-5-13(18)12(6-11)17(15(19)20)7-10(2)26-16(21)23-17/h4-6,9-10,15H,7-8H2,1-3H3,(H2,21,23)(H,22,24)/t9-,10+,17+/m0/s1. The minimum absolute atomic E-state index is 0.0392. The lowest BCUT2D eigenvalue weighted by molar-refractivity contribution is 0.00520. The Kier molecular flexibility index (Phi) is 6.12. The molecule has 0 unspecified atom stereocenters. The zero-order valence-corrected chi connectivity index (χ0v) is 14.8. The number of carbonyl (C=O) groups excluding carboxylic acids is 1. The van der Waals surface area contributed by atoms with E-state index in [1.54, 1.807) is 13.8 Å². The third-order valence-electron chi connectivity index (χ3n) is 4.08. The fourth-order valence-electron chi connectivity index (χ4n) is 2.98. The molecule has 0 radical (unpaired) electrons. The van der Waals surface area contributed by atoms with Crippen LogP contribution in [0.3, 0.4) is 0 Å². The summed E-state index contributed by atoms with van der Waals surface area (Å²) in [6, 6.07) is 2.54. The first-order valence-electron chi connectivity index (χ1n) is 8.09. The predicted molar refractivity (Wildman–Crippen MR) is 89.7 cm³/mol. The van der Waals surface area contributed by atoms with E-state index in [4.69, 9.17) is 15.2 Å². The molecule has 26 heavy (non-hydrogen) atoms. The normalized spacial score (nSPS) is 24.0. The van der Waals surface area contributed by atoms with E-state index in [-0.39, 0.29) is 24.6 Å². The summed E-state index contributed by atoms with van der Waals surface area (Å²) in [6.07, 6.45) is -3.99. The Labute approximate surface area is 149 Å². The molecule has 0 aliphatic carbocycles. The number of amides is 1. The molecule has 2 rings (SSSR count). The quantitative estimate of drug-likeness (QED) is 0.800. The number of amidine groups is 1. The number of nitrogens with one attached hydrogen (secondary N) is 1. The van der Waals surface area contributed by atoms with Gasteiger partial charge in [0.25, 0.3) is 18.4 Å². The van der Waals surface area contributed by atoms with Gasteiger partial charge >= 0.3 is 0 Å². The highest BCUT2D eigenvalue weighted by atomic mass is 19.3. The smallest absolute Gasteiger partial charge is 0.283 e. The maximum Gasteiger partial charge on any atom is 0.283 e. The average Bonchev–Trinajstić information content (AvgIpc) is 2.54. The summed E-state index contributed by atoms with van der Waals surface area (Å²) in [4.78, 5) is 16.0. The highest BCUT2D eigenvalue weighted by Gasteiger charge is 2.48. The number of nitrogens with zero attached hydrogens (tertiary/aromatic N) is 1. The monoisotopic (exact) mass is 373 g/mol. The van der Waals surface area contributed by atoms with E-state index in [9.17, 15) is 18.0 Å². The lowest BCUT2D eigenvalue weighted by Crippen LogP contribution is -2.45. The number of rotatable bonds is 6. The number of ether oxygens (including phenoxy) is 2. The number of alkyl halides is 2. The number of halogens is 3. The highest BCUT2D eigenvalue weighted by molar-refractivity contribution is 5.94. The van der Waals surface area contributed by atoms with Crippen molar-refractivity contribution in [3.63, 3.8) is 0 Å². The van der Waals surface area contributed by atoms with Gasteiger partial charge in [0.1, 0.15) is 11.9 Å². The largest absolute Gasteiger partial charge is 0.462 e. The Morgan fingerprint density at radius 3 is 2.81 bits per heavy atom. The topological polar surface area (TPSA) is 85.9 Å². The average molecular weight is 373 g/mol. The Hall–Kier alpha value is -2.29. The molecule has 0 spiro atoms. The van der Waals surface area contributed by atoms with Crippen LogP contribution in [0.4, 0.5) is 13.2 Å². The summed E-state index contributed by atoms with van der Waals surface area (Å²) in [6.45, 7) is 3.54. The summed E-state index contributed by atoms with van der Waals surface area (Å²) in [5.74, 6) is -1.42. The molecular weight excluding hydrogens is 351 g/mol. The SMILES string of the molecule is COC[C@H](C)NC(=O)c1ccc(F)c([C@@]2(C(F)F)C[C@@H](C)OC(N)=N2)c1. The Morgan fingerprint density at radius 1 is 1.54 bits per heavy atom. The molecule has 1 heterocycles. The fourth-order valence-corrected chi connectivity index (χ4v) is 2.98. The number of methoxy groups -OCH3 is 1. The van der Waals surface area contributed by atoms with Gasteiger partial charge in [-0.1, -0.05) is 0 Å².